The molecule has 0 aliphatic rings. The van der Waals surface area contributed by atoms with Crippen molar-refractivity contribution in [2.75, 3.05) is 18.8 Å². The first-order valence-corrected chi connectivity index (χ1v) is 9.06. The summed E-state index contributed by atoms with van der Waals surface area (Å²) in [7, 11) is -3.76. The molecule has 0 spiro atoms. The van der Waals surface area contributed by atoms with Crippen molar-refractivity contribution in [2.45, 2.75) is 25.7 Å². The maximum atomic E-state index is 12.3. The number of nitrogens with two attached hydrogens (primary N) is 1. The molecular weight excluding hydrogens is 410 g/mol. The summed E-state index contributed by atoms with van der Waals surface area (Å²) < 4.78 is 29.5. The van der Waals surface area contributed by atoms with Crippen LogP contribution in [-0.2, 0) is 10.0 Å². The molecule has 0 heterocycles. The summed E-state index contributed by atoms with van der Waals surface area (Å²) in [6.07, 6.45) is 0. The Morgan fingerprint density at radius 2 is 1.70 bits per heavy atom. The van der Waals surface area contributed by atoms with Crippen molar-refractivity contribution in [1.29, 1.82) is 0 Å². The molecule has 0 saturated carbocycles. The average molecular weight is 427 g/mol. The van der Waals surface area contributed by atoms with Crippen LogP contribution in [0.2, 0.25) is 0 Å². The molecule has 0 radical (unpaired) electrons. The monoisotopic (exact) mass is 425 g/mol. The van der Waals surface area contributed by atoms with Crippen molar-refractivity contribution in [3.05, 3.63) is 21.1 Å². The van der Waals surface area contributed by atoms with Gasteiger partial charge in [-0.15, -0.1) is 4.40 Å². The van der Waals surface area contributed by atoms with Crippen molar-refractivity contribution in [2.24, 2.45) is 4.40 Å². The van der Waals surface area contributed by atoms with Crippen molar-refractivity contribution in [3.8, 4) is 0 Å². The van der Waals surface area contributed by atoms with Gasteiger partial charge in [0.2, 0.25) is 0 Å². The van der Waals surface area contributed by atoms with E-state index in [0.29, 0.717) is 33.6 Å². The van der Waals surface area contributed by atoms with Gasteiger partial charge in [0.15, 0.2) is 0 Å². The smallest absolute Gasteiger partial charge is 0.284 e. The molecule has 0 aliphatic heterocycles. The summed E-state index contributed by atoms with van der Waals surface area (Å²) in [5.74, 6) is 0.471. The molecule has 0 aromatic heterocycles. The summed E-state index contributed by atoms with van der Waals surface area (Å²) in [4.78, 5) is 1.97. The predicted octanol–water partition coefficient (Wildman–Crippen LogP) is 3.24. The van der Waals surface area contributed by atoms with Crippen molar-refractivity contribution in [3.63, 3.8) is 0 Å². The van der Waals surface area contributed by atoms with Gasteiger partial charge >= 0.3 is 0 Å². The molecule has 8 heteroatoms. The zero-order valence-electron chi connectivity index (χ0n) is 11.5. The number of hydrogen-bond acceptors (Lipinski definition) is 3. The van der Waals surface area contributed by atoms with Gasteiger partial charge in [0.05, 0.1) is 10.6 Å². The number of amidine groups is 1. The number of halogens is 2. The van der Waals surface area contributed by atoms with E-state index in [1.807, 2.05) is 18.7 Å². The highest BCUT2D eigenvalue weighted by atomic mass is 79.9. The standard InChI is InChI=1S/C12H17Br2N3O2S/c1-4-17(5-2)8(3)16-20(18,19)9-6-10(13)12(15)11(14)7-9/h6-7H,4-5,15H2,1-3H3. The second kappa shape index (κ2) is 6.91. The molecule has 0 aliphatic carbocycles. The molecule has 1 rings (SSSR count). The molecule has 1 aromatic carbocycles. The first-order chi connectivity index (χ1) is 9.22. The van der Waals surface area contributed by atoms with Gasteiger partial charge in [-0.1, -0.05) is 0 Å². The number of benzene rings is 1. The first kappa shape index (κ1) is 17.5. The lowest BCUT2D eigenvalue weighted by Gasteiger charge is -2.19. The van der Waals surface area contributed by atoms with E-state index in [1.54, 1.807) is 6.92 Å². The molecule has 1 aromatic rings. The summed E-state index contributed by atoms with van der Waals surface area (Å²) in [6.45, 7) is 7.00. The normalized spacial score (nSPS) is 12.6. The van der Waals surface area contributed by atoms with Crippen LogP contribution in [0.3, 0.4) is 0 Å². The molecule has 0 unspecified atom stereocenters. The number of nitrogen functional groups attached to an aromatic ring is 1. The molecular formula is C12H17Br2N3O2S. The zero-order valence-corrected chi connectivity index (χ0v) is 15.5. The molecule has 0 amide bonds. The van der Waals surface area contributed by atoms with Gasteiger partial charge in [-0.25, -0.2) is 0 Å². The molecule has 0 saturated heterocycles. The quantitative estimate of drug-likeness (QED) is 0.455. The summed E-state index contributed by atoms with van der Waals surface area (Å²) in [6, 6.07) is 2.91. The number of nitrogens with zero attached hydrogens (tertiary/aromatic N) is 2. The summed E-state index contributed by atoms with van der Waals surface area (Å²) in [5, 5.41) is 0. The van der Waals surface area contributed by atoms with Gasteiger partial charge in [-0.05, 0) is 64.8 Å². The lowest BCUT2D eigenvalue weighted by atomic mass is 10.3. The highest BCUT2D eigenvalue weighted by molar-refractivity contribution is 9.11. The maximum absolute atomic E-state index is 12.3. The van der Waals surface area contributed by atoms with Crippen LogP contribution >= 0.6 is 31.9 Å². The van der Waals surface area contributed by atoms with E-state index in [-0.39, 0.29) is 4.90 Å². The second-order valence-electron chi connectivity index (χ2n) is 4.09. The minimum absolute atomic E-state index is 0.0944. The van der Waals surface area contributed by atoms with Gasteiger partial charge in [0.1, 0.15) is 5.84 Å². The summed E-state index contributed by atoms with van der Waals surface area (Å²) >= 11 is 6.47. The lowest BCUT2D eigenvalue weighted by Crippen LogP contribution is -2.29. The van der Waals surface area contributed by atoms with E-state index in [2.05, 4.69) is 36.3 Å². The molecule has 0 atom stereocenters. The number of hydrogen-bond donors (Lipinski definition) is 1. The van der Waals surface area contributed by atoms with Crippen LogP contribution in [0.25, 0.3) is 0 Å². The predicted molar refractivity (Wildman–Crippen MR) is 89.5 cm³/mol. The SMILES string of the molecule is CCN(CC)C(C)=NS(=O)(=O)c1cc(Br)c(N)c(Br)c1. The Bertz CT molecular complexity index is 603. The van der Waals surface area contributed by atoms with Crippen LogP contribution in [0.1, 0.15) is 20.8 Å². The molecule has 0 bridgehead atoms. The maximum Gasteiger partial charge on any atom is 0.284 e. The van der Waals surface area contributed by atoms with Crippen LogP contribution < -0.4 is 5.73 Å². The van der Waals surface area contributed by atoms with Crippen LogP contribution in [0.5, 0.6) is 0 Å². The van der Waals surface area contributed by atoms with Crippen LogP contribution in [0, 0.1) is 0 Å². The average Bonchev–Trinajstić information content (AvgIpc) is 2.36. The van der Waals surface area contributed by atoms with Crippen LogP contribution in [0.4, 0.5) is 5.69 Å². The minimum atomic E-state index is -3.76. The van der Waals surface area contributed by atoms with E-state index in [1.165, 1.54) is 12.1 Å². The van der Waals surface area contributed by atoms with Gasteiger partial charge in [-0.2, -0.15) is 8.42 Å². The largest absolute Gasteiger partial charge is 0.397 e. The zero-order chi connectivity index (χ0) is 15.5. The Kier molecular flexibility index (Phi) is 6.03. The fraction of sp³-hybridized carbons (Fsp3) is 0.417. The van der Waals surface area contributed by atoms with Crippen molar-refractivity contribution < 1.29 is 8.42 Å². The van der Waals surface area contributed by atoms with E-state index in [0.717, 1.165) is 0 Å². The fourth-order valence-corrected chi connectivity index (χ4v) is 4.27. The van der Waals surface area contributed by atoms with E-state index in [9.17, 15) is 8.42 Å². The second-order valence-corrected chi connectivity index (χ2v) is 7.40. The third-order valence-electron chi connectivity index (χ3n) is 2.82. The summed E-state index contributed by atoms with van der Waals surface area (Å²) in [5.41, 5.74) is 6.21. The molecule has 5 nitrogen and oxygen atoms in total. The molecule has 112 valence electrons. The number of anilines is 1. The molecule has 20 heavy (non-hydrogen) atoms. The minimum Gasteiger partial charge on any atom is -0.397 e. The van der Waals surface area contributed by atoms with Gasteiger partial charge < -0.3 is 10.6 Å². The Morgan fingerprint density at radius 3 is 2.10 bits per heavy atom. The number of sulfonamides is 1. The van der Waals surface area contributed by atoms with Gasteiger partial charge in [0, 0.05) is 22.0 Å². The third kappa shape index (κ3) is 3.95. The Labute approximate surface area is 136 Å². The van der Waals surface area contributed by atoms with E-state index < -0.39 is 10.0 Å². The Morgan fingerprint density at radius 1 is 1.25 bits per heavy atom. The van der Waals surface area contributed by atoms with E-state index >= 15 is 0 Å². The first-order valence-electron chi connectivity index (χ1n) is 6.04. The van der Waals surface area contributed by atoms with E-state index in [4.69, 9.17) is 5.73 Å². The van der Waals surface area contributed by atoms with Crippen molar-refractivity contribution >= 4 is 53.4 Å². The van der Waals surface area contributed by atoms with Gasteiger partial charge in [-0.3, -0.25) is 0 Å². The topological polar surface area (TPSA) is 75.8 Å². The number of rotatable bonds is 4. The highest BCUT2D eigenvalue weighted by Crippen LogP contribution is 2.32. The molecule has 2 N–H and O–H groups in total. The van der Waals surface area contributed by atoms with Crippen LogP contribution in [0.15, 0.2) is 30.4 Å². The lowest BCUT2D eigenvalue weighted by molar-refractivity contribution is 0.463. The highest BCUT2D eigenvalue weighted by Gasteiger charge is 2.17. The Hall–Kier alpha value is -0.600. The fourth-order valence-electron chi connectivity index (χ4n) is 1.68. The van der Waals surface area contributed by atoms with Crippen LogP contribution in [-0.4, -0.2) is 32.2 Å². The third-order valence-corrected chi connectivity index (χ3v) is 5.47. The Balaban J connectivity index is 3.28. The van der Waals surface area contributed by atoms with Gasteiger partial charge in [0.25, 0.3) is 10.0 Å². The van der Waals surface area contributed by atoms with Crippen molar-refractivity contribution in [1.82, 2.24) is 4.90 Å². The molecule has 0 fully saturated rings.